The maximum atomic E-state index is 13.2. The highest BCUT2D eigenvalue weighted by Crippen LogP contribution is 2.26. The molecule has 21 heavy (non-hydrogen) atoms. The zero-order chi connectivity index (χ0) is 15.4. The molecule has 0 aliphatic heterocycles. The van der Waals surface area contributed by atoms with Crippen molar-refractivity contribution in [2.24, 2.45) is 5.73 Å². The molecule has 0 saturated heterocycles. The second-order valence-electron chi connectivity index (χ2n) is 5.07. The molecule has 0 spiro atoms. The van der Waals surface area contributed by atoms with Gasteiger partial charge in [0.1, 0.15) is 23.9 Å². The first-order valence-corrected chi connectivity index (χ1v) is 6.80. The summed E-state index contributed by atoms with van der Waals surface area (Å²) in [5.41, 5.74) is 9.03. The predicted octanol–water partition coefficient (Wildman–Crippen LogP) is 3.53. The first-order chi connectivity index (χ1) is 10.0. The number of ether oxygens (including phenoxy) is 2. The summed E-state index contributed by atoms with van der Waals surface area (Å²) in [7, 11) is 1.61. The third-order valence-electron chi connectivity index (χ3n) is 3.35. The van der Waals surface area contributed by atoms with Crippen LogP contribution in [0, 0.1) is 19.7 Å². The summed E-state index contributed by atoms with van der Waals surface area (Å²) in [6, 6.07) is 9.95. The third kappa shape index (κ3) is 3.73. The van der Waals surface area contributed by atoms with Crippen molar-refractivity contribution in [2.45, 2.75) is 19.9 Å². The van der Waals surface area contributed by atoms with E-state index < -0.39 is 0 Å². The molecule has 0 bridgehead atoms. The quantitative estimate of drug-likeness (QED) is 0.915. The van der Waals surface area contributed by atoms with Gasteiger partial charge in [-0.2, -0.15) is 0 Å². The Hall–Kier alpha value is -2.07. The monoisotopic (exact) mass is 289 g/mol. The van der Waals surface area contributed by atoms with Crippen LogP contribution in [0.25, 0.3) is 0 Å². The van der Waals surface area contributed by atoms with Crippen LogP contribution < -0.4 is 15.2 Å². The minimum absolute atomic E-state index is 0.254. The van der Waals surface area contributed by atoms with Gasteiger partial charge in [-0.15, -0.1) is 0 Å². The summed E-state index contributed by atoms with van der Waals surface area (Å²) in [4.78, 5) is 0. The molecule has 2 aromatic carbocycles. The van der Waals surface area contributed by atoms with Gasteiger partial charge in [-0.3, -0.25) is 0 Å². The fourth-order valence-electron chi connectivity index (χ4n) is 2.14. The molecule has 2 N–H and O–H groups in total. The van der Waals surface area contributed by atoms with E-state index >= 15 is 0 Å². The van der Waals surface area contributed by atoms with E-state index in [9.17, 15) is 4.39 Å². The van der Waals surface area contributed by atoms with Crippen LogP contribution in [0.15, 0.2) is 36.4 Å². The number of benzene rings is 2. The molecular weight excluding hydrogens is 269 g/mol. The summed E-state index contributed by atoms with van der Waals surface area (Å²) in [6.07, 6.45) is 0. The molecule has 112 valence electrons. The molecule has 0 heterocycles. The Balaban J connectivity index is 2.13. The molecular formula is C17H20FNO2. The number of halogens is 1. The Bertz CT molecular complexity index is 628. The van der Waals surface area contributed by atoms with Gasteiger partial charge in [0.05, 0.1) is 13.2 Å². The molecule has 0 aromatic heterocycles. The molecule has 4 heteroatoms. The van der Waals surface area contributed by atoms with Crippen LogP contribution in [-0.2, 0) is 0 Å². The first kappa shape index (κ1) is 15.3. The van der Waals surface area contributed by atoms with E-state index in [1.54, 1.807) is 13.2 Å². The first-order valence-electron chi connectivity index (χ1n) is 6.80. The molecule has 0 aliphatic rings. The normalized spacial score (nSPS) is 12.0. The summed E-state index contributed by atoms with van der Waals surface area (Å²) in [5, 5.41) is 0. The number of nitrogens with two attached hydrogens (primary N) is 1. The van der Waals surface area contributed by atoms with E-state index in [1.165, 1.54) is 12.1 Å². The largest absolute Gasteiger partial charge is 0.496 e. The van der Waals surface area contributed by atoms with Crippen LogP contribution in [0.2, 0.25) is 0 Å². The molecule has 0 amide bonds. The summed E-state index contributed by atoms with van der Waals surface area (Å²) < 4.78 is 24.2. The molecule has 0 fully saturated rings. The van der Waals surface area contributed by atoms with Gasteiger partial charge in [-0.25, -0.2) is 4.39 Å². The Labute approximate surface area is 124 Å². The lowest BCUT2D eigenvalue weighted by molar-refractivity contribution is 0.283. The molecule has 0 aliphatic carbocycles. The van der Waals surface area contributed by atoms with Crippen molar-refractivity contribution in [2.75, 3.05) is 13.7 Å². The topological polar surface area (TPSA) is 44.5 Å². The summed E-state index contributed by atoms with van der Waals surface area (Å²) >= 11 is 0. The molecule has 2 rings (SSSR count). The van der Waals surface area contributed by atoms with Crippen molar-refractivity contribution >= 4 is 0 Å². The third-order valence-corrected chi connectivity index (χ3v) is 3.35. The summed E-state index contributed by atoms with van der Waals surface area (Å²) in [6.45, 7) is 4.12. The van der Waals surface area contributed by atoms with Crippen LogP contribution in [-0.4, -0.2) is 13.7 Å². The molecule has 1 atom stereocenters. The van der Waals surface area contributed by atoms with Gasteiger partial charge in [0.25, 0.3) is 0 Å². The minimum Gasteiger partial charge on any atom is -0.496 e. The smallest absolute Gasteiger partial charge is 0.126 e. The van der Waals surface area contributed by atoms with Crippen LogP contribution in [0.3, 0.4) is 0 Å². The highest BCUT2D eigenvalue weighted by molar-refractivity contribution is 5.39. The van der Waals surface area contributed by atoms with Gasteiger partial charge in [-0.1, -0.05) is 23.8 Å². The molecule has 1 unspecified atom stereocenters. The number of aryl methyl sites for hydroxylation is 2. The highest BCUT2D eigenvalue weighted by atomic mass is 19.1. The fourth-order valence-corrected chi connectivity index (χ4v) is 2.14. The van der Waals surface area contributed by atoms with Crippen molar-refractivity contribution in [1.82, 2.24) is 0 Å². The van der Waals surface area contributed by atoms with Crippen LogP contribution in [0.5, 0.6) is 11.5 Å². The lowest BCUT2D eigenvalue weighted by atomic mass is 10.0. The predicted molar refractivity (Wildman–Crippen MR) is 81.3 cm³/mol. The average Bonchev–Trinajstić information content (AvgIpc) is 2.47. The number of rotatable bonds is 5. The van der Waals surface area contributed by atoms with E-state index in [4.69, 9.17) is 15.2 Å². The van der Waals surface area contributed by atoms with Crippen LogP contribution in [0.1, 0.15) is 22.7 Å². The Kier molecular flexibility index (Phi) is 4.81. The number of hydrogen-bond donors (Lipinski definition) is 1. The van der Waals surface area contributed by atoms with Gasteiger partial charge < -0.3 is 15.2 Å². The fraction of sp³-hybridized carbons (Fsp3) is 0.294. The molecule has 0 saturated carbocycles. The SMILES string of the molecule is COc1ccc(C)cc1C(N)COc1cc(F)ccc1C. The van der Waals surface area contributed by atoms with Crippen molar-refractivity contribution < 1.29 is 13.9 Å². The Morgan fingerprint density at radius 3 is 2.57 bits per heavy atom. The van der Waals surface area contributed by atoms with Crippen molar-refractivity contribution in [3.05, 3.63) is 58.9 Å². The number of hydrogen-bond acceptors (Lipinski definition) is 3. The zero-order valence-corrected chi connectivity index (χ0v) is 12.5. The van der Waals surface area contributed by atoms with Gasteiger partial charge >= 0.3 is 0 Å². The highest BCUT2D eigenvalue weighted by Gasteiger charge is 2.14. The van der Waals surface area contributed by atoms with E-state index in [0.717, 1.165) is 22.4 Å². The lowest BCUT2D eigenvalue weighted by Gasteiger charge is -2.18. The van der Waals surface area contributed by atoms with Gasteiger partial charge in [-0.05, 0) is 31.5 Å². The van der Waals surface area contributed by atoms with E-state index in [2.05, 4.69) is 0 Å². The molecule has 0 radical (unpaired) electrons. The van der Waals surface area contributed by atoms with E-state index in [0.29, 0.717) is 5.75 Å². The Morgan fingerprint density at radius 2 is 1.86 bits per heavy atom. The van der Waals surface area contributed by atoms with E-state index in [1.807, 2.05) is 32.0 Å². The Morgan fingerprint density at radius 1 is 1.10 bits per heavy atom. The maximum absolute atomic E-state index is 13.2. The van der Waals surface area contributed by atoms with Gasteiger partial charge in [0.15, 0.2) is 0 Å². The van der Waals surface area contributed by atoms with Gasteiger partial charge in [0, 0.05) is 11.6 Å². The lowest BCUT2D eigenvalue weighted by Crippen LogP contribution is -2.20. The standard InChI is InChI=1S/C17H20FNO2/c1-11-4-7-16(20-3)14(8-11)15(19)10-21-17-9-13(18)6-5-12(17)2/h4-9,15H,10,19H2,1-3H3. The van der Waals surface area contributed by atoms with Crippen molar-refractivity contribution in [3.63, 3.8) is 0 Å². The number of methoxy groups -OCH3 is 1. The maximum Gasteiger partial charge on any atom is 0.126 e. The zero-order valence-electron chi connectivity index (χ0n) is 12.5. The molecule has 3 nitrogen and oxygen atoms in total. The minimum atomic E-state index is -0.345. The van der Waals surface area contributed by atoms with Crippen LogP contribution >= 0.6 is 0 Å². The summed E-state index contributed by atoms with van der Waals surface area (Å²) in [5.74, 6) is 0.919. The van der Waals surface area contributed by atoms with E-state index in [-0.39, 0.29) is 18.5 Å². The van der Waals surface area contributed by atoms with Crippen LogP contribution in [0.4, 0.5) is 4.39 Å². The second-order valence-corrected chi connectivity index (χ2v) is 5.07. The van der Waals surface area contributed by atoms with Gasteiger partial charge in [0.2, 0.25) is 0 Å². The van der Waals surface area contributed by atoms with Crippen molar-refractivity contribution in [3.8, 4) is 11.5 Å². The molecule has 2 aromatic rings. The van der Waals surface area contributed by atoms with Crippen molar-refractivity contribution in [1.29, 1.82) is 0 Å². The average molecular weight is 289 g/mol. The second kappa shape index (κ2) is 6.59.